The van der Waals surface area contributed by atoms with E-state index >= 15 is 0 Å². The second-order valence-corrected chi connectivity index (χ2v) is 9.37. The zero-order chi connectivity index (χ0) is 21.2. The Morgan fingerprint density at radius 3 is 2.61 bits per heavy atom. The third kappa shape index (κ3) is 4.36. The van der Waals surface area contributed by atoms with Crippen molar-refractivity contribution < 1.29 is 4.79 Å². The number of amides is 1. The van der Waals surface area contributed by atoms with Gasteiger partial charge in [0.15, 0.2) is 5.13 Å². The molecule has 2 saturated heterocycles. The maximum absolute atomic E-state index is 12.7. The third-order valence-electron chi connectivity index (χ3n) is 6.11. The van der Waals surface area contributed by atoms with Crippen molar-refractivity contribution in [2.45, 2.75) is 32.7 Å². The minimum absolute atomic E-state index is 0.172. The van der Waals surface area contributed by atoms with Gasteiger partial charge >= 0.3 is 0 Å². The molecule has 0 saturated carbocycles. The summed E-state index contributed by atoms with van der Waals surface area (Å²) in [5.74, 6) is 0.172. The molecule has 162 valence electrons. The molecule has 8 heteroatoms. The summed E-state index contributed by atoms with van der Waals surface area (Å²) in [7, 11) is 0. The molecule has 1 N–H and O–H groups in total. The number of hydrogen-bond donors (Lipinski definition) is 1. The predicted molar refractivity (Wildman–Crippen MR) is 123 cm³/mol. The van der Waals surface area contributed by atoms with Crippen molar-refractivity contribution in [2.75, 3.05) is 37.7 Å². The van der Waals surface area contributed by atoms with Crippen LogP contribution in [0.25, 0.3) is 10.6 Å². The van der Waals surface area contributed by atoms with Gasteiger partial charge in [0.05, 0.1) is 22.9 Å². The highest BCUT2D eigenvalue weighted by Gasteiger charge is 2.24. The molecule has 1 aromatic carbocycles. The number of thiazole rings is 1. The number of hydrogen-bond acceptors (Lipinski definition) is 6. The SMILES string of the molecule is Cc1nc(N2CCN(Cc3ccc(C(=O)N4CCCCC4)cc3)C2)sc1-c1ccn[nH]1. The lowest BCUT2D eigenvalue weighted by Gasteiger charge is -2.26. The van der Waals surface area contributed by atoms with Gasteiger partial charge in [-0.15, -0.1) is 0 Å². The molecule has 0 unspecified atom stereocenters. The van der Waals surface area contributed by atoms with E-state index in [9.17, 15) is 4.79 Å². The highest BCUT2D eigenvalue weighted by Crippen LogP contribution is 2.34. The van der Waals surface area contributed by atoms with Crippen molar-refractivity contribution in [3.8, 4) is 10.6 Å². The first kappa shape index (κ1) is 20.2. The second-order valence-electron chi connectivity index (χ2n) is 8.39. The molecule has 2 aromatic heterocycles. The maximum atomic E-state index is 12.7. The van der Waals surface area contributed by atoms with Crippen molar-refractivity contribution in [3.05, 3.63) is 53.3 Å². The number of aromatic nitrogens is 3. The molecule has 31 heavy (non-hydrogen) atoms. The smallest absolute Gasteiger partial charge is 0.253 e. The zero-order valence-corrected chi connectivity index (χ0v) is 18.7. The zero-order valence-electron chi connectivity index (χ0n) is 17.9. The highest BCUT2D eigenvalue weighted by atomic mass is 32.1. The molecular weight excluding hydrogens is 408 g/mol. The number of nitrogens with one attached hydrogen (secondary N) is 1. The van der Waals surface area contributed by atoms with Gasteiger partial charge in [-0.2, -0.15) is 5.10 Å². The van der Waals surface area contributed by atoms with Gasteiger partial charge < -0.3 is 9.80 Å². The number of H-pyrrole nitrogens is 1. The topological polar surface area (TPSA) is 68.4 Å². The van der Waals surface area contributed by atoms with Crippen LogP contribution >= 0.6 is 11.3 Å². The Labute approximate surface area is 186 Å². The van der Waals surface area contributed by atoms with Crippen LogP contribution in [0.2, 0.25) is 0 Å². The van der Waals surface area contributed by atoms with Gasteiger partial charge in [-0.1, -0.05) is 23.5 Å². The van der Waals surface area contributed by atoms with Crippen molar-refractivity contribution in [3.63, 3.8) is 0 Å². The Hall–Kier alpha value is -2.71. The van der Waals surface area contributed by atoms with Gasteiger partial charge in [0.2, 0.25) is 0 Å². The molecule has 0 spiro atoms. The Bertz CT molecular complexity index is 1020. The van der Waals surface area contributed by atoms with Crippen molar-refractivity contribution in [1.82, 2.24) is 25.0 Å². The monoisotopic (exact) mass is 436 g/mol. The second kappa shape index (κ2) is 8.80. The fourth-order valence-corrected chi connectivity index (χ4v) is 5.43. The van der Waals surface area contributed by atoms with E-state index in [4.69, 9.17) is 4.98 Å². The molecule has 7 nitrogen and oxygen atoms in total. The number of carbonyl (C=O) groups excluding carboxylic acids is 1. The molecular formula is C23H28N6OS. The molecule has 0 bridgehead atoms. The Morgan fingerprint density at radius 2 is 1.87 bits per heavy atom. The minimum atomic E-state index is 0.172. The molecule has 2 aliphatic rings. The molecule has 5 rings (SSSR count). The van der Waals surface area contributed by atoms with Gasteiger partial charge in [-0.3, -0.25) is 14.8 Å². The van der Waals surface area contributed by atoms with Crippen molar-refractivity contribution in [1.29, 1.82) is 0 Å². The summed E-state index contributed by atoms with van der Waals surface area (Å²) in [6, 6.07) is 10.2. The first-order chi connectivity index (χ1) is 15.2. The van der Waals surface area contributed by atoms with Crippen LogP contribution in [0.15, 0.2) is 36.5 Å². The average molecular weight is 437 g/mol. The molecule has 1 amide bonds. The summed E-state index contributed by atoms with van der Waals surface area (Å²) in [5, 5.41) is 8.16. The van der Waals surface area contributed by atoms with E-state index in [1.54, 1.807) is 17.5 Å². The van der Waals surface area contributed by atoms with Crippen LogP contribution in [0.4, 0.5) is 5.13 Å². The van der Waals surface area contributed by atoms with E-state index in [1.165, 1.54) is 12.0 Å². The van der Waals surface area contributed by atoms with Crippen LogP contribution in [0.3, 0.4) is 0 Å². The highest BCUT2D eigenvalue weighted by molar-refractivity contribution is 7.19. The van der Waals surface area contributed by atoms with Gasteiger partial charge in [-0.05, 0) is 49.9 Å². The molecule has 2 fully saturated rings. The quantitative estimate of drug-likeness (QED) is 0.660. The van der Waals surface area contributed by atoms with Gasteiger partial charge in [-0.25, -0.2) is 4.98 Å². The largest absolute Gasteiger partial charge is 0.339 e. The first-order valence-corrected chi connectivity index (χ1v) is 11.8. The Morgan fingerprint density at radius 1 is 1.06 bits per heavy atom. The first-order valence-electron chi connectivity index (χ1n) is 11.0. The normalized spacial score (nSPS) is 17.5. The van der Waals surface area contributed by atoms with Crippen LogP contribution in [0.1, 0.15) is 40.9 Å². The average Bonchev–Trinajstić information content (AvgIpc) is 3.55. The number of likely N-dealkylation sites (tertiary alicyclic amines) is 1. The summed E-state index contributed by atoms with van der Waals surface area (Å²) >= 11 is 1.72. The van der Waals surface area contributed by atoms with Crippen LogP contribution in [0.5, 0.6) is 0 Å². The Kier molecular flexibility index (Phi) is 5.74. The van der Waals surface area contributed by atoms with Gasteiger partial charge in [0.25, 0.3) is 5.91 Å². The summed E-state index contributed by atoms with van der Waals surface area (Å²) in [5.41, 5.74) is 4.11. The van der Waals surface area contributed by atoms with Crippen LogP contribution in [-0.4, -0.2) is 63.7 Å². The minimum Gasteiger partial charge on any atom is -0.339 e. The van der Waals surface area contributed by atoms with Crippen LogP contribution < -0.4 is 4.90 Å². The van der Waals surface area contributed by atoms with E-state index in [0.717, 1.165) is 79.2 Å². The number of aromatic amines is 1. The third-order valence-corrected chi connectivity index (χ3v) is 7.36. The van der Waals surface area contributed by atoms with Crippen LogP contribution in [0, 0.1) is 6.92 Å². The molecule has 0 atom stereocenters. The molecule has 2 aliphatic heterocycles. The summed E-state index contributed by atoms with van der Waals surface area (Å²) in [6.07, 6.45) is 5.26. The van der Waals surface area contributed by atoms with Gasteiger partial charge in [0.1, 0.15) is 0 Å². The molecule has 0 aliphatic carbocycles. The predicted octanol–water partition coefficient (Wildman–Crippen LogP) is 3.75. The number of carbonyl (C=O) groups is 1. The number of anilines is 1. The number of piperidine rings is 1. The van der Waals surface area contributed by atoms with E-state index in [2.05, 4.69) is 39.1 Å². The molecule has 0 radical (unpaired) electrons. The van der Waals surface area contributed by atoms with Gasteiger partial charge in [0, 0.05) is 44.5 Å². The number of aryl methyl sites for hydroxylation is 1. The van der Waals surface area contributed by atoms with E-state index in [1.807, 2.05) is 23.1 Å². The standard InChI is InChI=1S/C23H28N6OS/c1-17-21(20-9-10-24-26-20)31-23(25-17)29-14-13-27(16-29)15-18-5-7-19(8-6-18)22(30)28-11-3-2-4-12-28/h5-10H,2-4,11-16H2,1H3,(H,24,26). The lowest BCUT2D eigenvalue weighted by molar-refractivity contribution is 0.0724. The summed E-state index contributed by atoms with van der Waals surface area (Å²) < 4.78 is 0. The van der Waals surface area contributed by atoms with E-state index < -0.39 is 0 Å². The molecule has 4 heterocycles. The van der Waals surface area contributed by atoms with E-state index in [0.29, 0.717) is 0 Å². The lowest BCUT2D eigenvalue weighted by Crippen LogP contribution is -2.35. The molecule has 3 aromatic rings. The fourth-order valence-electron chi connectivity index (χ4n) is 4.37. The van der Waals surface area contributed by atoms with E-state index in [-0.39, 0.29) is 5.91 Å². The van der Waals surface area contributed by atoms with Crippen molar-refractivity contribution >= 4 is 22.4 Å². The summed E-state index contributed by atoms with van der Waals surface area (Å²) in [6.45, 7) is 7.56. The number of benzene rings is 1. The number of rotatable bonds is 5. The maximum Gasteiger partial charge on any atom is 0.253 e. The Balaban J connectivity index is 1.19. The number of nitrogens with zero attached hydrogens (tertiary/aromatic N) is 5. The fraction of sp³-hybridized carbons (Fsp3) is 0.435. The lowest BCUT2D eigenvalue weighted by atomic mass is 10.1. The van der Waals surface area contributed by atoms with Crippen LogP contribution in [-0.2, 0) is 6.54 Å². The summed E-state index contributed by atoms with van der Waals surface area (Å²) in [4.78, 5) is 25.4. The van der Waals surface area contributed by atoms with Crippen molar-refractivity contribution in [2.24, 2.45) is 0 Å².